The number of aromatic nitrogens is 3. The van der Waals surface area contributed by atoms with E-state index in [1.807, 2.05) is 29.2 Å². The molecule has 10 heteroatoms. The number of nitrogens with one attached hydrogen (secondary N) is 3. The second-order valence-corrected chi connectivity index (χ2v) is 9.57. The van der Waals surface area contributed by atoms with Crippen molar-refractivity contribution in [2.24, 2.45) is 11.7 Å². The number of primary amides is 1. The quantitative estimate of drug-likeness (QED) is 0.370. The molecule has 35 heavy (non-hydrogen) atoms. The maximum absolute atomic E-state index is 12.0. The number of amides is 1. The van der Waals surface area contributed by atoms with E-state index in [-0.39, 0.29) is 18.2 Å². The highest BCUT2D eigenvalue weighted by Gasteiger charge is 2.35. The van der Waals surface area contributed by atoms with E-state index in [2.05, 4.69) is 20.7 Å². The van der Waals surface area contributed by atoms with Gasteiger partial charge in [-0.2, -0.15) is 5.10 Å². The van der Waals surface area contributed by atoms with Crippen LogP contribution in [0, 0.1) is 5.92 Å². The van der Waals surface area contributed by atoms with Crippen LogP contribution in [0.1, 0.15) is 32.1 Å². The van der Waals surface area contributed by atoms with Gasteiger partial charge in [0, 0.05) is 36.7 Å². The Bertz CT molecular complexity index is 1210. The zero-order valence-electron chi connectivity index (χ0n) is 19.7. The smallest absolute Gasteiger partial charge is 0.240 e. The number of hydrogen-bond acceptors (Lipinski definition) is 7. The van der Waals surface area contributed by atoms with E-state index in [9.17, 15) is 4.79 Å². The van der Waals surface area contributed by atoms with E-state index in [0.717, 1.165) is 78.0 Å². The van der Waals surface area contributed by atoms with Crippen LogP contribution in [0.3, 0.4) is 0 Å². The van der Waals surface area contributed by atoms with Gasteiger partial charge in [-0.05, 0) is 44.1 Å². The largest absolute Gasteiger partial charge is 0.491 e. The number of carbonyl (C=O) groups excluding carboxylic acids is 1. The van der Waals surface area contributed by atoms with Crippen LogP contribution in [0.15, 0.2) is 24.5 Å². The molecule has 6 rings (SSSR count). The van der Waals surface area contributed by atoms with Crippen molar-refractivity contribution in [3.63, 3.8) is 0 Å². The normalized spacial score (nSPS) is 20.6. The first-order valence-corrected chi connectivity index (χ1v) is 12.5. The molecule has 3 aliphatic rings. The number of benzene rings is 1. The molecule has 2 atom stereocenters. The lowest BCUT2D eigenvalue weighted by molar-refractivity contribution is -0.163. The fourth-order valence-electron chi connectivity index (χ4n) is 4.99. The summed E-state index contributed by atoms with van der Waals surface area (Å²) in [4.78, 5) is 15.5. The predicted octanol–water partition coefficient (Wildman–Crippen LogP) is 3.05. The molecule has 1 aromatic carbocycles. The molecule has 1 saturated heterocycles. The second-order valence-electron chi connectivity index (χ2n) is 9.57. The number of carbonyl (C=O) groups is 1. The van der Waals surface area contributed by atoms with Gasteiger partial charge in [0.05, 0.1) is 41.6 Å². The van der Waals surface area contributed by atoms with Crippen molar-refractivity contribution in [3.05, 3.63) is 24.5 Å². The van der Waals surface area contributed by atoms with E-state index < -0.39 is 0 Å². The lowest BCUT2D eigenvalue weighted by atomic mass is 10.1. The molecule has 0 bridgehead atoms. The fraction of sp³-hybridized carbons (Fsp3) is 0.520. The lowest BCUT2D eigenvalue weighted by Crippen LogP contribution is -2.37. The summed E-state index contributed by atoms with van der Waals surface area (Å²) in [6.07, 6.45) is 9.05. The Labute approximate surface area is 203 Å². The number of H-pyrrole nitrogens is 1. The highest BCUT2D eigenvalue weighted by molar-refractivity contribution is 6.06. The molecule has 2 fully saturated rings. The van der Waals surface area contributed by atoms with Gasteiger partial charge in [-0.15, -0.1) is 0 Å². The summed E-state index contributed by atoms with van der Waals surface area (Å²) in [6, 6.07) is 3.61. The highest BCUT2D eigenvalue weighted by Crippen LogP contribution is 2.43. The topological polar surface area (TPSA) is 128 Å². The molecule has 1 unspecified atom stereocenters. The van der Waals surface area contributed by atoms with Crippen LogP contribution >= 0.6 is 0 Å². The van der Waals surface area contributed by atoms with Gasteiger partial charge >= 0.3 is 0 Å². The van der Waals surface area contributed by atoms with Crippen molar-refractivity contribution >= 4 is 28.2 Å². The number of aromatic amines is 1. The van der Waals surface area contributed by atoms with Crippen molar-refractivity contribution in [2.75, 3.05) is 37.0 Å². The third-order valence-corrected chi connectivity index (χ3v) is 6.93. The molecule has 186 valence electrons. The van der Waals surface area contributed by atoms with Crippen molar-refractivity contribution in [3.8, 4) is 17.0 Å². The molecule has 4 heterocycles. The predicted molar refractivity (Wildman–Crippen MR) is 132 cm³/mol. The number of nitrogens with zero attached hydrogens (tertiary/aromatic N) is 2. The van der Waals surface area contributed by atoms with Crippen LogP contribution < -0.4 is 21.1 Å². The first-order valence-electron chi connectivity index (χ1n) is 12.5. The van der Waals surface area contributed by atoms with Gasteiger partial charge in [0.1, 0.15) is 18.4 Å². The molecule has 10 nitrogen and oxygen atoms in total. The summed E-state index contributed by atoms with van der Waals surface area (Å²) >= 11 is 0. The van der Waals surface area contributed by atoms with E-state index >= 15 is 0 Å². The fourth-order valence-corrected chi connectivity index (χ4v) is 4.99. The molecular weight excluding hydrogens is 448 g/mol. The summed E-state index contributed by atoms with van der Waals surface area (Å²) in [5.41, 5.74) is 10.3. The lowest BCUT2D eigenvalue weighted by Gasteiger charge is -2.22. The summed E-state index contributed by atoms with van der Waals surface area (Å²) in [5.74, 6) is 0.763. The monoisotopic (exact) mass is 480 g/mol. The SMILES string of the molecule is NC(=O)[C@@H](Nc1cc2c3c(c(-c4cnn(CCOC5CCCCO5)c4)[nH]c3c1)NCCO2)C1CC1. The molecule has 1 saturated carbocycles. The number of ether oxygens (including phenoxy) is 3. The first kappa shape index (κ1) is 22.2. The van der Waals surface area contributed by atoms with Crippen molar-refractivity contribution in [2.45, 2.75) is 51.0 Å². The molecular formula is C25H32N6O4. The van der Waals surface area contributed by atoms with Gasteiger partial charge in [0.25, 0.3) is 0 Å². The number of nitrogens with two attached hydrogens (primary N) is 1. The minimum atomic E-state index is -0.364. The molecule has 1 amide bonds. The Morgan fingerprint density at radius 3 is 3.00 bits per heavy atom. The standard InChI is InChI=1S/C25H32N6O4/c26-25(32)23(15-4-5-15)29-17-11-18-21-19(12-17)33-9-6-27-24(21)22(30-18)16-13-28-31(14-16)7-10-35-20-3-1-2-8-34-20/h11-15,20,23,27,29-30H,1-10H2,(H2,26,32)/t20?,23-/m0/s1. The van der Waals surface area contributed by atoms with Gasteiger partial charge in [0.2, 0.25) is 5.91 Å². The number of rotatable bonds is 9. The first-order chi connectivity index (χ1) is 17.2. The molecule has 0 radical (unpaired) electrons. The third kappa shape index (κ3) is 4.68. The van der Waals surface area contributed by atoms with Crippen LogP contribution in [-0.4, -0.2) is 59.4 Å². The number of anilines is 2. The van der Waals surface area contributed by atoms with Crippen LogP contribution in [0.25, 0.3) is 22.2 Å². The number of hydrogen-bond donors (Lipinski definition) is 4. The zero-order chi connectivity index (χ0) is 23.8. The average Bonchev–Trinajstić information content (AvgIpc) is 3.53. The Morgan fingerprint density at radius 1 is 1.29 bits per heavy atom. The zero-order valence-corrected chi connectivity index (χ0v) is 19.7. The summed E-state index contributed by atoms with van der Waals surface area (Å²) in [7, 11) is 0. The maximum atomic E-state index is 12.0. The molecule has 1 aliphatic carbocycles. The minimum Gasteiger partial charge on any atom is -0.491 e. The van der Waals surface area contributed by atoms with Gasteiger partial charge in [-0.25, -0.2) is 0 Å². The van der Waals surface area contributed by atoms with E-state index in [4.69, 9.17) is 19.9 Å². The third-order valence-electron chi connectivity index (χ3n) is 6.93. The maximum Gasteiger partial charge on any atom is 0.240 e. The Morgan fingerprint density at radius 2 is 2.20 bits per heavy atom. The highest BCUT2D eigenvalue weighted by atomic mass is 16.7. The van der Waals surface area contributed by atoms with E-state index in [1.165, 1.54) is 0 Å². The van der Waals surface area contributed by atoms with Crippen LogP contribution in [0.2, 0.25) is 0 Å². The van der Waals surface area contributed by atoms with Gasteiger partial charge in [-0.3, -0.25) is 9.48 Å². The van der Waals surface area contributed by atoms with Crippen molar-refractivity contribution in [1.29, 1.82) is 0 Å². The molecule has 0 spiro atoms. The Hall–Kier alpha value is -3.24. The minimum absolute atomic E-state index is 0.0970. The molecule has 5 N–H and O–H groups in total. The van der Waals surface area contributed by atoms with Crippen LogP contribution in [0.4, 0.5) is 11.4 Å². The summed E-state index contributed by atoms with van der Waals surface area (Å²) < 4.78 is 19.4. The molecule has 2 aliphatic heterocycles. The second kappa shape index (κ2) is 9.43. The molecule has 2 aromatic heterocycles. The average molecular weight is 481 g/mol. The molecule has 3 aromatic rings. The Kier molecular flexibility index (Phi) is 5.99. The van der Waals surface area contributed by atoms with E-state index in [1.54, 1.807) is 0 Å². The summed E-state index contributed by atoms with van der Waals surface area (Å²) in [5, 5.41) is 12.4. The van der Waals surface area contributed by atoms with Crippen molar-refractivity contribution < 1.29 is 19.0 Å². The summed E-state index contributed by atoms with van der Waals surface area (Å²) in [6.45, 7) is 3.22. The Balaban J connectivity index is 1.24. The van der Waals surface area contributed by atoms with Crippen LogP contribution in [0.5, 0.6) is 5.75 Å². The van der Waals surface area contributed by atoms with Gasteiger partial charge in [-0.1, -0.05) is 0 Å². The van der Waals surface area contributed by atoms with Gasteiger partial charge < -0.3 is 35.6 Å². The van der Waals surface area contributed by atoms with E-state index in [0.29, 0.717) is 32.2 Å². The van der Waals surface area contributed by atoms with Gasteiger partial charge in [0.15, 0.2) is 6.29 Å². The van der Waals surface area contributed by atoms with Crippen LogP contribution in [-0.2, 0) is 20.8 Å². The van der Waals surface area contributed by atoms with Crippen molar-refractivity contribution in [1.82, 2.24) is 14.8 Å².